The maximum atomic E-state index is 13.2. The van der Waals surface area contributed by atoms with E-state index in [2.05, 4.69) is 5.32 Å². The van der Waals surface area contributed by atoms with Crippen molar-refractivity contribution in [2.75, 3.05) is 12.0 Å². The minimum Gasteiger partial charge on any atom is -0.497 e. The number of nitrogens with one attached hydrogen (secondary N) is 1. The van der Waals surface area contributed by atoms with Crippen LogP contribution < -0.4 is 19.1 Å². The summed E-state index contributed by atoms with van der Waals surface area (Å²) in [5.74, 6) is -1.60. The van der Waals surface area contributed by atoms with Crippen LogP contribution in [0.5, 0.6) is 11.5 Å². The maximum Gasteiger partial charge on any atom is 0.339 e. The van der Waals surface area contributed by atoms with Crippen LogP contribution in [-0.4, -0.2) is 33.4 Å². The maximum absolute atomic E-state index is 13.2. The minimum absolute atomic E-state index is 0.0163. The lowest BCUT2D eigenvalue weighted by atomic mass is 10.1. The van der Waals surface area contributed by atoms with Gasteiger partial charge in [-0.3, -0.25) is 14.9 Å². The average Bonchev–Trinajstić information content (AvgIpc) is 2.84. The Kier molecular flexibility index (Phi) is 7.02. The highest BCUT2D eigenvalue weighted by molar-refractivity contribution is 7.87. The average molecular weight is 547 g/mol. The monoisotopic (exact) mass is 546 g/mol. The molecule has 1 N–H and O–H groups in total. The highest BCUT2D eigenvalue weighted by Gasteiger charge is 2.37. The lowest BCUT2D eigenvalue weighted by molar-refractivity contribution is -0.122. The largest absolute Gasteiger partial charge is 0.497 e. The van der Waals surface area contributed by atoms with Gasteiger partial charge in [-0.1, -0.05) is 23.2 Å². The molecule has 3 aromatic rings. The van der Waals surface area contributed by atoms with Crippen LogP contribution in [0.1, 0.15) is 5.56 Å². The van der Waals surface area contributed by atoms with E-state index in [0.29, 0.717) is 10.8 Å². The molecule has 0 saturated carbocycles. The van der Waals surface area contributed by atoms with Crippen LogP contribution in [0, 0.1) is 0 Å². The van der Waals surface area contributed by atoms with E-state index in [0.717, 1.165) is 11.0 Å². The number of rotatable bonds is 6. The Bertz CT molecular complexity index is 1500. The number of methoxy groups -OCH3 is 1. The quantitative estimate of drug-likeness (QED) is 0.275. The molecule has 3 aromatic carbocycles. The van der Waals surface area contributed by atoms with Gasteiger partial charge in [0.1, 0.15) is 22.0 Å². The molecule has 0 bridgehead atoms. The molecule has 184 valence electrons. The van der Waals surface area contributed by atoms with Crippen LogP contribution >= 0.6 is 23.2 Å². The summed E-state index contributed by atoms with van der Waals surface area (Å²) >= 11 is 11.9. The topological polar surface area (TPSA) is 119 Å². The van der Waals surface area contributed by atoms with Crippen molar-refractivity contribution in [3.05, 3.63) is 87.9 Å². The number of ether oxygens (including phenoxy) is 1. The van der Waals surface area contributed by atoms with E-state index in [9.17, 15) is 22.8 Å². The first-order valence-corrected chi connectivity index (χ1v) is 12.3. The van der Waals surface area contributed by atoms with Crippen molar-refractivity contribution >= 4 is 62.9 Å². The lowest BCUT2D eigenvalue weighted by Crippen LogP contribution is -2.54. The number of imide groups is 2. The molecule has 0 unspecified atom stereocenters. The molecule has 9 nitrogen and oxygen atoms in total. The molecular weight excluding hydrogens is 531 g/mol. The number of hydrogen-bond donors (Lipinski definition) is 1. The number of amides is 4. The number of hydrogen-bond acceptors (Lipinski definition) is 7. The third-order valence-corrected chi connectivity index (χ3v) is 6.74. The van der Waals surface area contributed by atoms with Gasteiger partial charge in [0, 0.05) is 15.6 Å². The second-order valence-electron chi connectivity index (χ2n) is 7.33. The second-order valence-corrected chi connectivity index (χ2v) is 9.75. The first-order valence-electron chi connectivity index (χ1n) is 10.1. The fourth-order valence-electron chi connectivity index (χ4n) is 3.25. The summed E-state index contributed by atoms with van der Waals surface area (Å²) in [6.45, 7) is 0. The smallest absolute Gasteiger partial charge is 0.339 e. The zero-order valence-corrected chi connectivity index (χ0v) is 20.7. The van der Waals surface area contributed by atoms with Crippen molar-refractivity contribution in [1.82, 2.24) is 5.32 Å². The number of carbonyl (C=O) groups is 3. The highest BCUT2D eigenvalue weighted by atomic mass is 35.5. The van der Waals surface area contributed by atoms with Gasteiger partial charge in [-0.25, -0.2) is 9.69 Å². The van der Waals surface area contributed by atoms with Gasteiger partial charge in [-0.2, -0.15) is 8.42 Å². The summed E-state index contributed by atoms with van der Waals surface area (Å²) in [6.07, 6.45) is 1.10. The zero-order chi connectivity index (χ0) is 26.0. The first-order chi connectivity index (χ1) is 17.1. The number of barbiturate groups is 1. The summed E-state index contributed by atoms with van der Waals surface area (Å²) in [7, 11) is -2.83. The Hall–Kier alpha value is -3.86. The predicted octanol–water partition coefficient (Wildman–Crippen LogP) is 4.44. The van der Waals surface area contributed by atoms with E-state index in [1.807, 2.05) is 0 Å². The number of halogens is 2. The molecule has 0 aromatic heterocycles. The molecule has 0 radical (unpaired) electrons. The van der Waals surface area contributed by atoms with Crippen molar-refractivity contribution in [1.29, 1.82) is 0 Å². The van der Waals surface area contributed by atoms with Crippen molar-refractivity contribution < 1.29 is 31.7 Å². The van der Waals surface area contributed by atoms with Gasteiger partial charge in [-0.05, 0) is 72.8 Å². The molecule has 0 aliphatic carbocycles. The van der Waals surface area contributed by atoms with E-state index >= 15 is 0 Å². The molecule has 1 saturated heterocycles. The molecule has 0 spiro atoms. The Morgan fingerprint density at radius 1 is 0.889 bits per heavy atom. The van der Waals surface area contributed by atoms with Crippen LogP contribution in [0.2, 0.25) is 10.0 Å². The minimum atomic E-state index is -4.30. The third kappa shape index (κ3) is 5.20. The molecular formula is C24H16Cl2N2O7S. The van der Waals surface area contributed by atoms with Gasteiger partial charge in [0.2, 0.25) is 0 Å². The van der Waals surface area contributed by atoms with Crippen molar-refractivity contribution in [3.63, 3.8) is 0 Å². The first kappa shape index (κ1) is 25.2. The molecule has 4 rings (SSSR count). The van der Waals surface area contributed by atoms with Gasteiger partial charge in [0.15, 0.2) is 0 Å². The molecule has 12 heteroatoms. The summed E-state index contributed by atoms with van der Waals surface area (Å²) < 4.78 is 35.9. The van der Waals surface area contributed by atoms with Gasteiger partial charge in [0.05, 0.1) is 12.8 Å². The summed E-state index contributed by atoms with van der Waals surface area (Å²) in [6, 6.07) is 14.4. The summed E-state index contributed by atoms with van der Waals surface area (Å²) in [5, 5.41) is 2.62. The van der Waals surface area contributed by atoms with E-state index in [1.165, 1.54) is 61.7 Å². The molecule has 1 aliphatic heterocycles. The number of anilines is 1. The summed E-state index contributed by atoms with van der Waals surface area (Å²) in [5.41, 5.74) is -0.242. The van der Waals surface area contributed by atoms with Gasteiger partial charge >= 0.3 is 16.1 Å². The van der Waals surface area contributed by atoms with Gasteiger partial charge in [0.25, 0.3) is 11.8 Å². The fraction of sp³-hybridized carbons (Fsp3) is 0.0417. The fourth-order valence-corrected chi connectivity index (χ4v) is 4.51. The molecule has 1 aliphatic rings. The lowest BCUT2D eigenvalue weighted by Gasteiger charge is -2.26. The van der Waals surface area contributed by atoms with E-state index < -0.39 is 33.5 Å². The van der Waals surface area contributed by atoms with Gasteiger partial charge < -0.3 is 8.92 Å². The van der Waals surface area contributed by atoms with Crippen LogP contribution in [-0.2, 0) is 19.7 Å². The predicted molar refractivity (Wildman–Crippen MR) is 133 cm³/mol. The molecule has 1 fully saturated rings. The SMILES string of the molecule is COc1ccc(N2C(=O)NC(=O)/C(=C\c3cc(Cl)ccc3OS(=O)(=O)c3ccc(Cl)cc3)C2=O)cc1. The molecule has 0 atom stereocenters. The van der Waals surface area contributed by atoms with Crippen LogP contribution in [0.3, 0.4) is 0 Å². The van der Waals surface area contributed by atoms with Crippen LogP contribution in [0.4, 0.5) is 10.5 Å². The number of urea groups is 1. The molecule has 36 heavy (non-hydrogen) atoms. The number of carbonyl (C=O) groups excluding carboxylic acids is 3. The van der Waals surface area contributed by atoms with Crippen LogP contribution in [0.25, 0.3) is 6.08 Å². The highest BCUT2D eigenvalue weighted by Crippen LogP contribution is 2.30. The third-order valence-electron chi connectivity index (χ3n) is 5.01. The second kappa shape index (κ2) is 10.0. The van der Waals surface area contributed by atoms with Gasteiger partial charge in [-0.15, -0.1) is 0 Å². The number of nitrogens with zero attached hydrogens (tertiary/aromatic N) is 1. The Morgan fingerprint density at radius 3 is 2.17 bits per heavy atom. The van der Waals surface area contributed by atoms with Crippen molar-refractivity contribution in [3.8, 4) is 11.5 Å². The normalized spacial score (nSPS) is 15.1. The molecule has 4 amide bonds. The Balaban J connectivity index is 1.73. The number of benzene rings is 3. The van der Waals surface area contributed by atoms with E-state index in [-0.39, 0.29) is 26.9 Å². The molecule has 1 heterocycles. The Labute approximate surface area is 216 Å². The zero-order valence-electron chi connectivity index (χ0n) is 18.4. The van der Waals surface area contributed by atoms with Crippen molar-refractivity contribution in [2.45, 2.75) is 4.90 Å². The standard InChI is InChI=1S/C24H16Cl2N2O7S/c1-34-18-7-5-17(6-8-18)28-23(30)20(22(29)27-24(28)31)13-14-12-16(26)4-11-21(14)35-36(32,33)19-9-2-15(25)3-10-19/h2-13H,1H3,(H,27,29,31)/b20-13+. The van der Waals surface area contributed by atoms with Crippen molar-refractivity contribution in [2.24, 2.45) is 0 Å². The Morgan fingerprint density at radius 2 is 1.53 bits per heavy atom. The van der Waals surface area contributed by atoms with E-state index in [1.54, 1.807) is 12.1 Å². The summed E-state index contributed by atoms with van der Waals surface area (Å²) in [4.78, 5) is 38.8. The van der Waals surface area contributed by atoms with Crippen LogP contribution in [0.15, 0.2) is 77.2 Å². The van der Waals surface area contributed by atoms with E-state index in [4.69, 9.17) is 32.1 Å².